The number of nitrogens with zero attached hydrogens (tertiary/aromatic N) is 4. The first-order valence-corrected chi connectivity index (χ1v) is 8.99. The van der Waals surface area contributed by atoms with E-state index in [1.165, 1.54) is 29.1 Å². The Balaban J connectivity index is 0.00000243. The number of guanidine groups is 1. The maximum Gasteiger partial charge on any atom is 0.417 e. The second kappa shape index (κ2) is 9.11. The van der Waals surface area contributed by atoms with Crippen LogP contribution in [0.15, 0.2) is 23.3 Å². The summed E-state index contributed by atoms with van der Waals surface area (Å²) in [5.41, 5.74) is -0.364. The molecule has 0 aromatic carbocycles. The van der Waals surface area contributed by atoms with Gasteiger partial charge in [0.15, 0.2) is 17.4 Å². The van der Waals surface area contributed by atoms with Gasteiger partial charge in [0, 0.05) is 25.0 Å². The summed E-state index contributed by atoms with van der Waals surface area (Å²) in [6.07, 6.45) is -0.975. The van der Waals surface area contributed by atoms with E-state index in [2.05, 4.69) is 25.8 Å². The summed E-state index contributed by atoms with van der Waals surface area (Å²) in [6, 6.07) is 2.31. The number of hydrogen-bond acceptors (Lipinski definition) is 4. The van der Waals surface area contributed by atoms with E-state index in [-0.39, 0.29) is 30.5 Å². The predicted molar refractivity (Wildman–Crippen MR) is 107 cm³/mol. The number of aliphatic imine (C=N–C) groups is 1. The van der Waals surface area contributed by atoms with Crippen LogP contribution in [0.1, 0.15) is 24.2 Å². The molecule has 0 bridgehead atoms. The minimum Gasteiger partial charge on any atom is -0.355 e. The Morgan fingerprint density at radius 3 is 2.81 bits per heavy atom. The quantitative estimate of drug-likeness (QED) is 0.384. The number of fused-ring (bicyclic) bond motifs is 1. The summed E-state index contributed by atoms with van der Waals surface area (Å²) >= 11 is 1.94. The van der Waals surface area contributed by atoms with Crippen molar-refractivity contribution in [2.24, 2.45) is 4.99 Å². The van der Waals surface area contributed by atoms with E-state index in [0.717, 1.165) is 18.8 Å². The molecule has 1 unspecified atom stereocenters. The fraction of sp³-hybridized carbons (Fsp3) is 0.533. The molecule has 0 radical (unpaired) electrons. The minimum atomic E-state index is -4.40. The van der Waals surface area contributed by atoms with E-state index >= 15 is 0 Å². The van der Waals surface area contributed by atoms with E-state index in [4.69, 9.17) is 0 Å². The lowest BCUT2D eigenvalue weighted by Crippen LogP contribution is -2.40. The summed E-state index contributed by atoms with van der Waals surface area (Å²) in [4.78, 5) is 4.13. The molecule has 1 atom stereocenters. The molecule has 1 fully saturated rings. The lowest BCUT2D eigenvalue weighted by atomic mass is 10.2. The smallest absolute Gasteiger partial charge is 0.355 e. The van der Waals surface area contributed by atoms with Crippen molar-refractivity contribution in [2.75, 3.05) is 19.3 Å². The number of hydrogen-bond donors (Lipinski definition) is 2. The van der Waals surface area contributed by atoms with Crippen molar-refractivity contribution in [3.8, 4) is 0 Å². The molecule has 26 heavy (non-hydrogen) atoms. The summed E-state index contributed by atoms with van der Waals surface area (Å²) in [7, 11) is 1.65. The van der Waals surface area contributed by atoms with Gasteiger partial charge in [-0.25, -0.2) is 0 Å². The zero-order chi connectivity index (χ0) is 17.9. The number of thioether (sulfide) groups is 1. The SMILES string of the molecule is CN=C(NCc1nnc2ccc(C(F)(F)F)cn12)NCC1CCCS1.I. The number of pyridine rings is 1. The molecule has 11 heteroatoms. The molecule has 2 aromatic rings. The molecule has 1 aliphatic heterocycles. The van der Waals surface area contributed by atoms with Gasteiger partial charge in [-0.2, -0.15) is 24.9 Å². The van der Waals surface area contributed by atoms with Crippen LogP contribution in [-0.4, -0.2) is 45.2 Å². The Kier molecular flexibility index (Phi) is 7.38. The van der Waals surface area contributed by atoms with Crippen LogP contribution in [0.3, 0.4) is 0 Å². The topological polar surface area (TPSA) is 66.6 Å². The van der Waals surface area contributed by atoms with Gasteiger partial charge in [0.2, 0.25) is 0 Å². The number of nitrogens with one attached hydrogen (secondary N) is 2. The largest absolute Gasteiger partial charge is 0.417 e. The molecule has 1 saturated heterocycles. The molecule has 2 N–H and O–H groups in total. The molecule has 3 rings (SSSR count). The molecule has 0 amide bonds. The Labute approximate surface area is 170 Å². The summed E-state index contributed by atoms with van der Waals surface area (Å²) < 4.78 is 40.0. The van der Waals surface area contributed by atoms with Gasteiger partial charge >= 0.3 is 6.18 Å². The highest BCUT2D eigenvalue weighted by Crippen LogP contribution is 2.29. The number of halogens is 4. The summed E-state index contributed by atoms with van der Waals surface area (Å²) in [5, 5.41) is 14.7. The zero-order valence-electron chi connectivity index (χ0n) is 14.1. The summed E-state index contributed by atoms with van der Waals surface area (Å²) in [5.74, 6) is 2.17. The third-order valence-corrected chi connectivity index (χ3v) is 5.36. The highest BCUT2D eigenvalue weighted by Gasteiger charge is 2.31. The first-order chi connectivity index (χ1) is 12.0. The number of alkyl halides is 3. The fourth-order valence-electron chi connectivity index (χ4n) is 2.63. The van der Waals surface area contributed by atoms with Crippen LogP contribution in [-0.2, 0) is 12.7 Å². The first kappa shape index (κ1) is 21.1. The molecule has 1 aliphatic rings. The van der Waals surface area contributed by atoms with Crippen molar-refractivity contribution < 1.29 is 13.2 Å². The van der Waals surface area contributed by atoms with Crippen molar-refractivity contribution in [3.63, 3.8) is 0 Å². The van der Waals surface area contributed by atoms with E-state index in [9.17, 15) is 13.2 Å². The van der Waals surface area contributed by atoms with Crippen molar-refractivity contribution in [1.82, 2.24) is 25.2 Å². The van der Waals surface area contributed by atoms with Gasteiger partial charge in [-0.05, 0) is 30.7 Å². The zero-order valence-corrected chi connectivity index (χ0v) is 17.2. The molecular formula is C15H20F3IN6S. The average Bonchev–Trinajstić information content (AvgIpc) is 3.23. The lowest BCUT2D eigenvalue weighted by molar-refractivity contribution is -0.137. The van der Waals surface area contributed by atoms with E-state index < -0.39 is 11.7 Å². The van der Waals surface area contributed by atoms with Crippen LogP contribution >= 0.6 is 35.7 Å². The van der Waals surface area contributed by atoms with Crippen molar-refractivity contribution in [1.29, 1.82) is 0 Å². The average molecular weight is 500 g/mol. The Morgan fingerprint density at radius 2 is 2.15 bits per heavy atom. The Bertz CT molecular complexity index is 757. The van der Waals surface area contributed by atoms with Crippen LogP contribution in [0, 0.1) is 0 Å². The Hall–Kier alpha value is -1.24. The van der Waals surface area contributed by atoms with Crippen molar-refractivity contribution >= 4 is 47.3 Å². The van der Waals surface area contributed by atoms with Gasteiger partial charge in [-0.15, -0.1) is 34.2 Å². The Morgan fingerprint density at radius 1 is 1.35 bits per heavy atom. The second-order valence-electron chi connectivity index (χ2n) is 5.70. The van der Waals surface area contributed by atoms with Crippen molar-refractivity contribution in [2.45, 2.75) is 30.8 Å². The minimum absolute atomic E-state index is 0. The molecule has 0 aliphatic carbocycles. The highest BCUT2D eigenvalue weighted by atomic mass is 127. The van der Waals surface area contributed by atoms with Gasteiger partial charge < -0.3 is 10.6 Å². The third kappa shape index (κ3) is 5.15. The molecule has 0 spiro atoms. The normalized spacial score (nSPS) is 18.0. The molecule has 2 aromatic heterocycles. The van der Waals surface area contributed by atoms with Gasteiger partial charge in [-0.3, -0.25) is 9.39 Å². The predicted octanol–water partition coefficient (Wildman–Crippen LogP) is 2.93. The maximum atomic E-state index is 12.9. The van der Waals surface area contributed by atoms with Crippen LogP contribution in [0.2, 0.25) is 0 Å². The highest BCUT2D eigenvalue weighted by molar-refractivity contribution is 14.0. The number of rotatable bonds is 4. The molecule has 6 nitrogen and oxygen atoms in total. The molecule has 3 heterocycles. The second-order valence-corrected chi connectivity index (χ2v) is 7.11. The van der Waals surface area contributed by atoms with Crippen LogP contribution < -0.4 is 10.6 Å². The monoisotopic (exact) mass is 500 g/mol. The molecule has 0 saturated carbocycles. The van der Waals surface area contributed by atoms with Gasteiger partial charge in [-0.1, -0.05) is 0 Å². The van der Waals surface area contributed by atoms with E-state index in [1.54, 1.807) is 7.05 Å². The maximum absolute atomic E-state index is 12.9. The summed E-state index contributed by atoms with van der Waals surface area (Å²) in [6.45, 7) is 1.03. The van der Waals surface area contributed by atoms with Gasteiger partial charge in [0.25, 0.3) is 0 Å². The van der Waals surface area contributed by atoms with Crippen LogP contribution in [0.4, 0.5) is 13.2 Å². The molecule has 144 valence electrons. The first-order valence-electron chi connectivity index (χ1n) is 7.94. The van der Waals surface area contributed by atoms with E-state index in [0.29, 0.717) is 22.7 Å². The van der Waals surface area contributed by atoms with Gasteiger partial charge in [0.05, 0.1) is 12.1 Å². The van der Waals surface area contributed by atoms with Crippen LogP contribution in [0.5, 0.6) is 0 Å². The fourth-order valence-corrected chi connectivity index (χ4v) is 3.83. The third-order valence-electron chi connectivity index (χ3n) is 3.96. The van der Waals surface area contributed by atoms with E-state index in [1.807, 2.05) is 11.8 Å². The van der Waals surface area contributed by atoms with Crippen LogP contribution in [0.25, 0.3) is 5.65 Å². The number of aromatic nitrogens is 3. The van der Waals surface area contributed by atoms with Gasteiger partial charge in [0.1, 0.15) is 0 Å². The standard InChI is InChI=1S/C15H19F3N6S.HI/c1-19-14(20-7-11-3-2-6-25-11)21-8-13-23-22-12-5-4-10(9-24(12)13)15(16,17)18;/h4-5,9,11H,2-3,6-8H2,1H3,(H2,19,20,21);1H. The molecular weight excluding hydrogens is 480 g/mol. The lowest BCUT2D eigenvalue weighted by Gasteiger charge is -2.14. The van der Waals surface area contributed by atoms with Crippen molar-refractivity contribution in [3.05, 3.63) is 29.7 Å².